The Morgan fingerprint density at radius 1 is 1.19 bits per heavy atom. The Morgan fingerprint density at radius 2 is 1.96 bits per heavy atom. The van der Waals surface area contributed by atoms with Crippen molar-refractivity contribution >= 4 is 23.2 Å². The number of carbonyl (C=O) groups is 1. The normalized spacial score (nSPS) is 10.3. The molecule has 3 aromatic rings. The number of nitrogens with one attached hydrogen (secondary N) is 1. The molecule has 0 radical (unpaired) electrons. The number of benzene rings is 2. The third-order valence-corrected chi connectivity index (χ3v) is 3.86. The maximum absolute atomic E-state index is 11.9. The second-order valence-corrected chi connectivity index (χ2v) is 6.42. The SMILES string of the molecule is CC(C)=NNC(=O)COc1ccc(Cl)cc1-c1ccnn1-c1ccccc1. The first-order valence-electron chi connectivity index (χ1n) is 8.36. The minimum absolute atomic E-state index is 0.162. The van der Waals surface area contributed by atoms with Crippen LogP contribution in [0.25, 0.3) is 16.9 Å². The minimum Gasteiger partial charge on any atom is -0.483 e. The van der Waals surface area contributed by atoms with Gasteiger partial charge in [0, 0.05) is 16.3 Å². The number of aromatic nitrogens is 2. The molecule has 6 nitrogen and oxygen atoms in total. The molecule has 0 saturated carbocycles. The predicted molar refractivity (Wildman–Crippen MR) is 106 cm³/mol. The van der Waals surface area contributed by atoms with Crippen molar-refractivity contribution in [2.45, 2.75) is 13.8 Å². The molecule has 0 aliphatic carbocycles. The molecule has 2 aromatic carbocycles. The lowest BCUT2D eigenvalue weighted by molar-refractivity contribution is -0.123. The summed E-state index contributed by atoms with van der Waals surface area (Å²) in [6, 6.07) is 16.9. The van der Waals surface area contributed by atoms with Crippen molar-refractivity contribution in [3.05, 3.63) is 65.8 Å². The molecular formula is C20H19ClN4O2. The van der Waals surface area contributed by atoms with Gasteiger partial charge in [0.05, 0.1) is 17.6 Å². The van der Waals surface area contributed by atoms with E-state index in [1.807, 2.05) is 36.4 Å². The van der Waals surface area contributed by atoms with Crippen LogP contribution >= 0.6 is 11.6 Å². The molecule has 1 N–H and O–H groups in total. The van der Waals surface area contributed by atoms with Crippen LogP contribution < -0.4 is 10.2 Å². The Balaban J connectivity index is 1.89. The number of carbonyl (C=O) groups excluding carboxylic acids is 1. The van der Waals surface area contributed by atoms with Crippen LogP contribution in [0.15, 0.2) is 65.9 Å². The number of halogens is 1. The van der Waals surface area contributed by atoms with Crippen LogP contribution in [0.4, 0.5) is 0 Å². The number of ether oxygens (including phenoxy) is 1. The van der Waals surface area contributed by atoms with Crippen molar-refractivity contribution in [2.75, 3.05) is 6.61 Å². The maximum Gasteiger partial charge on any atom is 0.277 e. The Kier molecular flexibility index (Phi) is 5.88. The third kappa shape index (κ3) is 4.74. The first-order valence-corrected chi connectivity index (χ1v) is 8.74. The molecule has 1 aromatic heterocycles. The highest BCUT2D eigenvalue weighted by Gasteiger charge is 2.14. The van der Waals surface area contributed by atoms with Gasteiger partial charge in [0.2, 0.25) is 0 Å². The first-order chi connectivity index (χ1) is 13.0. The van der Waals surface area contributed by atoms with Crippen LogP contribution in [0.3, 0.4) is 0 Å². The van der Waals surface area contributed by atoms with Gasteiger partial charge in [-0.1, -0.05) is 29.8 Å². The monoisotopic (exact) mass is 382 g/mol. The van der Waals surface area contributed by atoms with Gasteiger partial charge < -0.3 is 4.74 Å². The molecule has 0 saturated heterocycles. The Morgan fingerprint density at radius 3 is 2.70 bits per heavy atom. The van der Waals surface area contributed by atoms with E-state index in [1.54, 1.807) is 42.9 Å². The molecule has 0 aliphatic heterocycles. The van der Waals surface area contributed by atoms with E-state index >= 15 is 0 Å². The zero-order valence-electron chi connectivity index (χ0n) is 15.0. The zero-order chi connectivity index (χ0) is 19.2. The van der Waals surface area contributed by atoms with Gasteiger partial charge in [-0.25, -0.2) is 10.1 Å². The van der Waals surface area contributed by atoms with Crippen LogP contribution in [0.5, 0.6) is 5.75 Å². The molecule has 7 heteroatoms. The van der Waals surface area contributed by atoms with Crippen molar-refractivity contribution in [1.29, 1.82) is 0 Å². The van der Waals surface area contributed by atoms with Crippen molar-refractivity contribution in [2.24, 2.45) is 5.10 Å². The van der Waals surface area contributed by atoms with Gasteiger partial charge in [-0.2, -0.15) is 10.2 Å². The summed E-state index contributed by atoms with van der Waals surface area (Å²) in [5, 5.41) is 8.84. The Bertz CT molecular complexity index is 963. The van der Waals surface area contributed by atoms with Crippen molar-refractivity contribution in [3.8, 4) is 22.7 Å². The molecule has 0 bridgehead atoms. The molecule has 3 rings (SSSR count). The number of hydrogen-bond donors (Lipinski definition) is 1. The van der Waals surface area contributed by atoms with E-state index in [1.165, 1.54) is 0 Å². The number of hydrogen-bond acceptors (Lipinski definition) is 4. The lowest BCUT2D eigenvalue weighted by Crippen LogP contribution is -2.25. The van der Waals surface area contributed by atoms with E-state index in [-0.39, 0.29) is 12.5 Å². The van der Waals surface area contributed by atoms with Crippen LogP contribution in [-0.2, 0) is 4.79 Å². The number of rotatable bonds is 6. The summed E-state index contributed by atoms with van der Waals surface area (Å²) < 4.78 is 7.51. The highest BCUT2D eigenvalue weighted by atomic mass is 35.5. The molecular weight excluding hydrogens is 364 g/mol. The van der Waals surface area contributed by atoms with E-state index < -0.39 is 0 Å². The molecule has 0 fully saturated rings. The fourth-order valence-electron chi connectivity index (χ4n) is 2.46. The summed E-state index contributed by atoms with van der Waals surface area (Å²) in [4.78, 5) is 11.9. The van der Waals surface area contributed by atoms with E-state index in [9.17, 15) is 4.79 Å². The maximum atomic E-state index is 11.9. The summed E-state index contributed by atoms with van der Waals surface area (Å²) in [6.45, 7) is 3.43. The van der Waals surface area contributed by atoms with E-state index in [0.29, 0.717) is 10.8 Å². The van der Waals surface area contributed by atoms with Gasteiger partial charge in [-0.15, -0.1) is 0 Å². The number of hydrazone groups is 1. The van der Waals surface area contributed by atoms with E-state index in [2.05, 4.69) is 15.6 Å². The molecule has 1 amide bonds. The molecule has 0 atom stereocenters. The standard InChI is InChI=1S/C20H19ClN4O2/c1-14(2)23-24-20(26)13-27-19-9-8-15(21)12-17(19)18-10-11-22-25(18)16-6-4-3-5-7-16/h3-12H,13H2,1-2H3,(H,24,26). The van der Waals surface area contributed by atoms with E-state index in [0.717, 1.165) is 22.7 Å². The second-order valence-electron chi connectivity index (χ2n) is 5.99. The molecule has 138 valence electrons. The number of amides is 1. The van der Waals surface area contributed by atoms with Gasteiger partial charge >= 0.3 is 0 Å². The largest absolute Gasteiger partial charge is 0.483 e. The lowest BCUT2D eigenvalue weighted by Gasteiger charge is -2.13. The molecule has 0 spiro atoms. The summed E-state index contributed by atoms with van der Waals surface area (Å²) in [5.74, 6) is 0.193. The summed E-state index contributed by atoms with van der Waals surface area (Å²) in [5.41, 5.74) is 5.65. The first kappa shape index (κ1) is 18.7. The average molecular weight is 383 g/mol. The van der Waals surface area contributed by atoms with Gasteiger partial charge in [-0.3, -0.25) is 4.79 Å². The second kappa shape index (κ2) is 8.51. The van der Waals surface area contributed by atoms with Crippen LogP contribution in [0, 0.1) is 0 Å². The summed E-state index contributed by atoms with van der Waals surface area (Å²) in [6.07, 6.45) is 1.71. The predicted octanol–water partition coefficient (Wildman–Crippen LogP) is 4.08. The molecule has 1 heterocycles. The van der Waals surface area contributed by atoms with Crippen LogP contribution in [0.1, 0.15) is 13.8 Å². The minimum atomic E-state index is -0.339. The van der Waals surface area contributed by atoms with Gasteiger partial charge in [0.25, 0.3) is 5.91 Å². The van der Waals surface area contributed by atoms with Gasteiger partial charge in [-0.05, 0) is 50.2 Å². The topological polar surface area (TPSA) is 68.5 Å². The van der Waals surface area contributed by atoms with Crippen LogP contribution in [-0.4, -0.2) is 28.0 Å². The van der Waals surface area contributed by atoms with Crippen molar-refractivity contribution in [3.63, 3.8) is 0 Å². The Labute approximate surface area is 162 Å². The third-order valence-electron chi connectivity index (χ3n) is 3.62. The fraction of sp³-hybridized carbons (Fsp3) is 0.150. The highest BCUT2D eigenvalue weighted by molar-refractivity contribution is 6.31. The molecule has 0 aliphatic rings. The van der Waals surface area contributed by atoms with Crippen LogP contribution in [0.2, 0.25) is 5.02 Å². The van der Waals surface area contributed by atoms with Gasteiger partial charge in [0.1, 0.15) is 5.75 Å². The average Bonchev–Trinajstić information content (AvgIpc) is 3.15. The molecule has 0 unspecified atom stereocenters. The Hall–Kier alpha value is -3.12. The number of nitrogens with zero attached hydrogens (tertiary/aromatic N) is 3. The fourth-order valence-corrected chi connectivity index (χ4v) is 2.63. The summed E-state index contributed by atoms with van der Waals surface area (Å²) >= 11 is 6.20. The van der Waals surface area contributed by atoms with Crippen molar-refractivity contribution < 1.29 is 9.53 Å². The summed E-state index contributed by atoms with van der Waals surface area (Å²) in [7, 11) is 0. The molecule has 27 heavy (non-hydrogen) atoms. The smallest absolute Gasteiger partial charge is 0.277 e. The number of para-hydroxylation sites is 1. The van der Waals surface area contributed by atoms with Gasteiger partial charge in [0.15, 0.2) is 6.61 Å². The van der Waals surface area contributed by atoms with Crippen molar-refractivity contribution in [1.82, 2.24) is 15.2 Å². The quantitative estimate of drug-likeness (QED) is 0.515. The lowest BCUT2D eigenvalue weighted by atomic mass is 10.1. The van der Waals surface area contributed by atoms with E-state index in [4.69, 9.17) is 16.3 Å². The zero-order valence-corrected chi connectivity index (χ0v) is 15.8. The highest BCUT2D eigenvalue weighted by Crippen LogP contribution is 2.33.